The van der Waals surface area contributed by atoms with Gasteiger partial charge in [-0.2, -0.15) is 0 Å². The highest BCUT2D eigenvalue weighted by atomic mass is 35.5. The van der Waals surface area contributed by atoms with Crippen molar-refractivity contribution in [1.82, 2.24) is 15.3 Å². The van der Waals surface area contributed by atoms with Crippen molar-refractivity contribution in [2.75, 3.05) is 19.8 Å². The lowest BCUT2D eigenvalue weighted by Crippen LogP contribution is -2.43. The second-order valence-electron chi connectivity index (χ2n) is 7.51. The minimum Gasteiger partial charge on any atom is -0.394 e. The maximum atomic E-state index is 13.3. The van der Waals surface area contributed by atoms with Crippen LogP contribution in [-0.4, -0.2) is 64.8 Å². The molecule has 3 heterocycles. The molecule has 1 saturated heterocycles. The van der Waals surface area contributed by atoms with Crippen LogP contribution in [0.4, 0.5) is 4.39 Å². The number of carbonyl (C=O) groups excluding carboxylic acids is 1. The third-order valence-electron chi connectivity index (χ3n) is 5.11. The topological polar surface area (TPSA) is 115 Å². The second kappa shape index (κ2) is 9.86. The highest BCUT2D eigenvalue weighted by Gasteiger charge is 2.35. The largest absolute Gasteiger partial charge is 0.394 e. The van der Waals surface area contributed by atoms with Gasteiger partial charge in [-0.05, 0) is 30.7 Å². The molecule has 0 saturated carbocycles. The number of aliphatic hydroxyl groups is 1. The number of aryl methyl sites for hydroxylation is 1. The summed E-state index contributed by atoms with van der Waals surface area (Å²) in [5.74, 6) is -0.520. The van der Waals surface area contributed by atoms with Gasteiger partial charge in [0.05, 0.1) is 30.5 Å². The van der Waals surface area contributed by atoms with Crippen LogP contribution in [-0.2, 0) is 20.9 Å². The summed E-state index contributed by atoms with van der Waals surface area (Å²) in [5.41, 5.74) is 1.90. The Kier molecular flexibility index (Phi) is 6.95. The van der Waals surface area contributed by atoms with Gasteiger partial charge in [0.1, 0.15) is 35.3 Å². The third kappa shape index (κ3) is 5.21. The number of hydrogen-bond acceptors (Lipinski definition) is 8. The fourth-order valence-electron chi connectivity index (χ4n) is 3.38. The zero-order valence-corrected chi connectivity index (χ0v) is 18.0. The molecule has 32 heavy (non-hydrogen) atoms. The Labute approximate surface area is 188 Å². The normalized spacial score (nSPS) is 22.9. The highest BCUT2D eigenvalue weighted by Crippen LogP contribution is 2.23. The van der Waals surface area contributed by atoms with Crippen molar-refractivity contribution >= 4 is 23.2 Å². The van der Waals surface area contributed by atoms with Crippen LogP contribution in [0.3, 0.4) is 0 Å². The Bertz CT molecular complexity index is 1030. The van der Waals surface area contributed by atoms with Gasteiger partial charge >= 0.3 is 0 Å². The first-order valence-corrected chi connectivity index (χ1v) is 10.5. The number of aromatic nitrogens is 2. The first-order valence-electron chi connectivity index (χ1n) is 10.1. The second-order valence-corrected chi connectivity index (χ2v) is 7.92. The zero-order chi connectivity index (χ0) is 22.7. The van der Waals surface area contributed by atoms with E-state index >= 15 is 0 Å². The van der Waals surface area contributed by atoms with E-state index in [4.69, 9.17) is 31.0 Å². The number of amides is 1. The van der Waals surface area contributed by atoms with Gasteiger partial charge in [-0.3, -0.25) is 4.79 Å². The van der Waals surface area contributed by atoms with Crippen molar-refractivity contribution in [2.45, 2.75) is 38.2 Å². The molecule has 0 radical (unpaired) electrons. The van der Waals surface area contributed by atoms with Crippen molar-refractivity contribution < 1.29 is 28.6 Å². The van der Waals surface area contributed by atoms with Gasteiger partial charge in [0.25, 0.3) is 5.91 Å². The van der Waals surface area contributed by atoms with E-state index in [1.165, 1.54) is 12.1 Å². The van der Waals surface area contributed by atoms with Crippen LogP contribution in [0.25, 0.3) is 0 Å². The van der Waals surface area contributed by atoms with E-state index < -0.39 is 11.7 Å². The van der Waals surface area contributed by atoms with Crippen molar-refractivity contribution in [3.8, 4) is 0 Å². The number of ether oxygens (including phenoxy) is 2. The average molecular weight is 465 g/mol. The fraction of sp³-hybridized carbons (Fsp3) is 0.429. The molecule has 1 aromatic carbocycles. The van der Waals surface area contributed by atoms with Gasteiger partial charge in [-0.25, -0.2) is 14.4 Å². The summed E-state index contributed by atoms with van der Waals surface area (Å²) in [6.45, 7) is 2.33. The Morgan fingerprint density at radius 3 is 2.81 bits per heavy atom. The molecule has 2 aliphatic rings. The number of nitrogens with one attached hydrogen (secondary N) is 1. The van der Waals surface area contributed by atoms with Gasteiger partial charge < -0.3 is 24.7 Å². The lowest BCUT2D eigenvalue weighted by atomic mass is 10.0. The van der Waals surface area contributed by atoms with Gasteiger partial charge in [0, 0.05) is 13.0 Å². The zero-order valence-electron chi connectivity index (χ0n) is 17.3. The predicted molar refractivity (Wildman–Crippen MR) is 112 cm³/mol. The summed E-state index contributed by atoms with van der Waals surface area (Å²) < 4.78 is 24.5. The van der Waals surface area contributed by atoms with E-state index in [0.29, 0.717) is 35.8 Å². The standard InChI is InChI=1S/C21H22ClFN4O5/c1-11-25-16(17-6-19(32-27-17)20-10-30-13(8-28)9-31-20)5-18(26-11)21(29)24-7-12-2-3-15(23)14(22)4-12/h2-5,13,19-20,28H,6-10H2,1H3,(H,24,29)/t13-,19+,20-/m1/s1. The van der Waals surface area contributed by atoms with Crippen molar-refractivity contribution in [3.05, 3.63) is 57.9 Å². The summed E-state index contributed by atoms with van der Waals surface area (Å²) in [7, 11) is 0. The van der Waals surface area contributed by atoms with Crippen LogP contribution in [0, 0.1) is 12.7 Å². The maximum Gasteiger partial charge on any atom is 0.270 e. The molecule has 2 aliphatic heterocycles. The maximum absolute atomic E-state index is 13.3. The Morgan fingerprint density at radius 1 is 1.25 bits per heavy atom. The van der Waals surface area contributed by atoms with E-state index in [1.807, 2.05) is 0 Å². The molecule has 1 amide bonds. The lowest BCUT2D eigenvalue weighted by molar-refractivity contribution is -0.178. The Balaban J connectivity index is 1.39. The minimum absolute atomic E-state index is 0.00931. The molecule has 11 heteroatoms. The summed E-state index contributed by atoms with van der Waals surface area (Å²) in [5, 5.41) is 16.0. The molecule has 0 unspecified atom stereocenters. The molecular weight excluding hydrogens is 443 g/mol. The van der Waals surface area contributed by atoms with Gasteiger partial charge in [-0.15, -0.1) is 0 Å². The molecule has 3 atom stereocenters. The van der Waals surface area contributed by atoms with Crippen LogP contribution in [0.2, 0.25) is 5.02 Å². The number of benzene rings is 1. The molecule has 9 nitrogen and oxygen atoms in total. The average Bonchev–Trinajstić information content (AvgIpc) is 3.30. The summed E-state index contributed by atoms with van der Waals surface area (Å²) in [6.07, 6.45) is -0.555. The first-order chi connectivity index (χ1) is 15.4. The van der Waals surface area contributed by atoms with E-state index in [-0.39, 0.29) is 48.8 Å². The molecule has 0 spiro atoms. The van der Waals surface area contributed by atoms with Crippen LogP contribution in [0.15, 0.2) is 29.4 Å². The van der Waals surface area contributed by atoms with Gasteiger partial charge in [-0.1, -0.05) is 22.8 Å². The predicted octanol–water partition coefficient (Wildman–Crippen LogP) is 1.78. The Morgan fingerprint density at radius 2 is 2.09 bits per heavy atom. The van der Waals surface area contributed by atoms with Crippen LogP contribution >= 0.6 is 11.6 Å². The smallest absolute Gasteiger partial charge is 0.270 e. The van der Waals surface area contributed by atoms with E-state index in [1.54, 1.807) is 19.1 Å². The number of aliphatic hydroxyl groups excluding tert-OH is 1. The summed E-state index contributed by atoms with van der Waals surface area (Å²) in [6, 6.07) is 5.79. The van der Waals surface area contributed by atoms with Crippen molar-refractivity contribution in [3.63, 3.8) is 0 Å². The van der Waals surface area contributed by atoms with Gasteiger partial charge in [0.15, 0.2) is 6.10 Å². The highest BCUT2D eigenvalue weighted by molar-refractivity contribution is 6.30. The monoisotopic (exact) mass is 464 g/mol. The molecule has 170 valence electrons. The number of carbonyl (C=O) groups is 1. The van der Waals surface area contributed by atoms with Crippen LogP contribution in [0.5, 0.6) is 0 Å². The number of nitrogens with zero attached hydrogens (tertiary/aromatic N) is 3. The number of rotatable bonds is 6. The third-order valence-corrected chi connectivity index (χ3v) is 5.40. The minimum atomic E-state index is -0.519. The molecular formula is C21H22ClFN4O5. The summed E-state index contributed by atoms with van der Waals surface area (Å²) in [4.78, 5) is 26.7. The molecule has 2 aromatic rings. The molecule has 0 aliphatic carbocycles. The number of hydrogen-bond donors (Lipinski definition) is 2. The fourth-order valence-corrected chi connectivity index (χ4v) is 3.58. The molecule has 2 N–H and O–H groups in total. The Hall–Kier alpha value is -2.66. The molecule has 4 rings (SSSR count). The van der Waals surface area contributed by atoms with E-state index in [0.717, 1.165) is 0 Å². The van der Waals surface area contributed by atoms with Gasteiger partial charge in [0.2, 0.25) is 0 Å². The van der Waals surface area contributed by atoms with Crippen LogP contribution < -0.4 is 5.32 Å². The van der Waals surface area contributed by atoms with E-state index in [9.17, 15) is 9.18 Å². The number of halogens is 2. The lowest BCUT2D eigenvalue weighted by Gasteiger charge is -2.30. The molecule has 1 fully saturated rings. The molecule has 1 aromatic heterocycles. The van der Waals surface area contributed by atoms with E-state index in [2.05, 4.69) is 20.4 Å². The quantitative estimate of drug-likeness (QED) is 0.669. The van der Waals surface area contributed by atoms with Crippen molar-refractivity contribution in [1.29, 1.82) is 0 Å². The first kappa shape index (κ1) is 22.5. The van der Waals surface area contributed by atoms with Crippen LogP contribution in [0.1, 0.15) is 34.0 Å². The molecule has 0 bridgehead atoms. The SMILES string of the molecule is Cc1nc(C(=O)NCc2ccc(F)c(Cl)c2)cc(C2=NO[C@H]([C@H]3CO[C@H](CO)CO3)C2)n1. The van der Waals surface area contributed by atoms with Crippen molar-refractivity contribution in [2.24, 2.45) is 5.16 Å². The summed E-state index contributed by atoms with van der Waals surface area (Å²) >= 11 is 5.78. The number of oxime groups is 1.